The molecule has 0 fully saturated rings. The number of ether oxygens (including phenoxy) is 2. The second-order valence-corrected chi connectivity index (χ2v) is 4.47. The van der Waals surface area contributed by atoms with Gasteiger partial charge in [0.25, 0.3) is 0 Å². The molecular formula is C17H21NO2. The van der Waals surface area contributed by atoms with Crippen molar-refractivity contribution in [2.75, 3.05) is 20.8 Å². The molecular weight excluding hydrogens is 250 g/mol. The Balaban J connectivity index is 2.39. The molecule has 1 N–H and O–H groups in total. The molecule has 0 aromatic heterocycles. The third-order valence-electron chi connectivity index (χ3n) is 3.24. The van der Waals surface area contributed by atoms with Gasteiger partial charge >= 0.3 is 0 Å². The number of para-hydroxylation sites is 1. The van der Waals surface area contributed by atoms with Gasteiger partial charge in [-0.25, -0.2) is 0 Å². The van der Waals surface area contributed by atoms with E-state index in [1.165, 1.54) is 0 Å². The molecule has 0 aliphatic rings. The fraction of sp³-hybridized carbons (Fsp3) is 0.294. The lowest BCUT2D eigenvalue weighted by molar-refractivity contribution is 0.339. The maximum atomic E-state index is 5.57. The van der Waals surface area contributed by atoms with Crippen LogP contribution in [0.3, 0.4) is 0 Å². The molecule has 2 aromatic rings. The van der Waals surface area contributed by atoms with E-state index in [0.717, 1.165) is 22.6 Å². The van der Waals surface area contributed by atoms with Crippen LogP contribution in [-0.4, -0.2) is 20.8 Å². The Labute approximate surface area is 120 Å². The van der Waals surface area contributed by atoms with Crippen LogP contribution >= 0.6 is 0 Å². The molecule has 0 radical (unpaired) electrons. The molecule has 0 aliphatic heterocycles. The molecule has 0 saturated carbocycles. The lowest BCUT2D eigenvalue weighted by Gasteiger charge is -2.20. The summed E-state index contributed by atoms with van der Waals surface area (Å²) in [4.78, 5) is 0. The van der Waals surface area contributed by atoms with Gasteiger partial charge in [0.15, 0.2) is 0 Å². The Hall–Kier alpha value is -2.00. The summed E-state index contributed by atoms with van der Waals surface area (Å²) in [6, 6.07) is 16.3. The number of hydrogen-bond donors (Lipinski definition) is 1. The van der Waals surface area contributed by atoms with Crippen LogP contribution in [0.1, 0.15) is 24.1 Å². The first-order chi connectivity index (χ1) is 9.80. The monoisotopic (exact) mass is 271 g/mol. The molecule has 0 aliphatic carbocycles. The highest BCUT2D eigenvalue weighted by atomic mass is 16.5. The molecule has 106 valence electrons. The third kappa shape index (κ3) is 3.11. The first-order valence-corrected chi connectivity index (χ1v) is 6.83. The van der Waals surface area contributed by atoms with Crippen LogP contribution in [0.25, 0.3) is 0 Å². The zero-order valence-electron chi connectivity index (χ0n) is 12.2. The van der Waals surface area contributed by atoms with Crippen molar-refractivity contribution in [3.05, 3.63) is 59.7 Å². The largest absolute Gasteiger partial charge is 0.496 e. The van der Waals surface area contributed by atoms with E-state index in [1.54, 1.807) is 7.11 Å². The minimum atomic E-state index is 0.0755. The molecule has 1 atom stereocenters. The molecule has 2 rings (SSSR count). The smallest absolute Gasteiger partial charge is 0.123 e. The van der Waals surface area contributed by atoms with Crippen LogP contribution < -0.4 is 14.8 Å². The average Bonchev–Trinajstić information content (AvgIpc) is 2.49. The predicted molar refractivity (Wildman–Crippen MR) is 81.5 cm³/mol. The fourth-order valence-electron chi connectivity index (χ4n) is 2.36. The van der Waals surface area contributed by atoms with Gasteiger partial charge in [0.1, 0.15) is 11.5 Å². The highest BCUT2D eigenvalue weighted by molar-refractivity contribution is 5.43. The Morgan fingerprint density at radius 1 is 1.10 bits per heavy atom. The van der Waals surface area contributed by atoms with Gasteiger partial charge in [0.2, 0.25) is 0 Å². The van der Waals surface area contributed by atoms with Crippen molar-refractivity contribution in [3.8, 4) is 11.5 Å². The van der Waals surface area contributed by atoms with Crippen LogP contribution in [0, 0.1) is 0 Å². The van der Waals surface area contributed by atoms with E-state index in [1.807, 2.05) is 44.3 Å². The van der Waals surface area contributed by atoms with Gasteiger partial charge in [-0.15, -0.1) is 0 Å². The fourth-order valence-corrected chi connectivity index (χ4v) is 2.36. The van der Waals surface area contributed by atoms with Crippen molar-refractivity contribution in [1.82, 2.24) is 5.32 Å². The molecule has 0 spiro atoms. The number of benzene rings is 2. The SMILES string of the molecule is CCOc1cccc(C(NC)c2ccccc2OC)c1. The van der Waals surface area contributed by atoms with Crippen molar-refractivity contribution in [3.63, 3.8) is 0 Å². The van der Waals surface area contributed by atoms with E-state index in [9.17, 15) is 0 Å². The van der Waals surface area contributed by atoms with Crippen molar-refractivity contribution >= 4 is 0 Å². The van der Waals surface area contributed by atoms with Gasteiger partial charge in [-0.2, -0.15) is 0 Å². The van der Waals surface area contributed by atoms with Gasteiger partial charge in [-0.05, 0) is 37.7 Å². The van der Waals surface area contributed by atoms with Crippen molar-refractivity contribution in [2.45, 2.75) is 13.0 Å². The first-order valence-electron chi connectivity index (χ1n) is 6.83. The summed E-state index contributed by atoms with van der Waals surface area (Å²) in [5.41, 5.74) is 2.27. The van der Waals surface area contributed by atoms with Crippen LogP contribution in [0.2, 0.25) is 0 Å². The van der Waals surface area contributed by atoms with Gasteiger partial charge in [0, 0.05) is 5.56 Å². The lowest BCUT2D eigenvalue weighted by Crippen LogP contribution is -2.18. The maximum Gasteiger partial charge on any atom is 0.123 e. The molecule has 0 amide bonds. The summed E-state index contributed by atoms with van der Waals surface area (Å²) in [5, 5.41) is 3.34. The molecule has 2 aromatic carbocycles. The summed E-state index contributed by atoms with van der Waals surface area (Å²) < 4.78 is 11.0. The highest BCUT2D eigenvalue weighted by Gasteiger charge is 2.16. The van der Waals surface area contributed by atoms with Crippen LogP contribution in [0.5, 0.6) is 11.5 Å². The number of hydrogen-bond acceptors (Lipinski definition) is 3. The average molecular weight is 271 g/mol. The summed E-state index contributed by atoms with van der Waals surface area (Å²) >= 11 is 0. The predicted octanol–water partition coefficient (Wildman–Crippen LogP) is 3.40. The summed E-state index contributed by atoms with van der Waals surface area (Å²) in [7, 11) is 3.65. The minimum Gasteiger partial charge on any atom is -0.496 e. The van der Waals surface area contributed by atoms with Gasteiger partial charge in [-0.1, -0.05) is 30.3 Å². The van der Waals surface area contributed by atoms with E-state index in [4.69, 9.17) is 9.47 Å². The molecule has 0 heterocycles. The number of nitrogens with one attached hydrogen (secondary N) is 1. The molecule has 0 saturated heterocycles. The topological polar surface area (TPSA) is 30.5 Å². The van der Waals surface area contributed by atoms with E-state index in [-0.39, 0.29) is 6.04 Å². The summed E-state index contributed by atoms with van der Waals surface area (Å²) in [6.45, 7) is 2.66. The molecule has 20 heavy (non-hydrogen) atoms. The van der Waals surface area contributed by atoms with Gasteiger partial charge < -0.3 is 14.8 Å². The molecule has 3 heteroatoms. The van der Waals surface area contributed by atoms with Crippen molar-refractivity contribution in [1.29, 1.82) is 0 Å². The van der Waals surface area contributed by atoms with Gasteiger partial charge in [0.05, 0.1) is 19.8 Å². The Bertz CT molecular complexity index is 554. The summed E-state index contributed by atoms with van der Waals surface area (Å²) in [5.74, 6) is 1.77. The van der Waals surface area contributed by atoms with E-state index < -0.39 is 0 Å². The second-order valence-electron chi connectivity index (χ2n) is 4.47. The van der Waals surface area contributed by atoms with Crippen LogP contribution in [0.4, 0.5) is 0 Å². The summed E-state index contributed by atoms with van der Waals surface area (Å²) in [6.07, 6.45) is 0. The van der Waals surface area contributed by atoms with Crippen molar-refractivity contribution < 1.29 is 9.47 Å². The zero-order chi connectivity index (χ0) is 14.4. The maximum absolute atomic E-state index is 5.57. The normalized spacial score (nSPS) is 11.9. The Kier molecular flexibility index (Phi) is 5.02. The van der Waals surface area contributed by atoms with Crippen LogP contribution in [0.15, 0.2) is 48.5 Å². The first kappa shape index (κ1) is 14.4. The van der Waals surface area contributed by atoms with Crippen LogP contribution in [-0.2, 0) is 0 Å². The third-order valence-corrected chi connectivity index (χ3v) is 3.24. The van der Waals surface area contributed by atoms with E-state index in [2.05, 4.69) is 23.5 Å². The number of rotatable bonds is 6. The molecule has 0 bridgehead atoms. The minimum absolute atomic E-state index is 0.0755. The zero-order valence-corrected chi connectivity index (χ0v) is 12.2. The van der Waals surface area contributed by atoms with E-state index in [0.29, 0.717) is 6.61 Å². The van der Waals surface area contributed by atoms with Crippen molar-refractivity contribution in [2.24, 2.45) is 0 Å². The highest BCUT2D eigenvalue weighted by Crippen LogP contribution is 2.31. The quantitative estimate of drug-likeness (QED) is 0.873. The molecule has 3 nitrogen and oxygen atoms in total. The standard InChI is InChI=1S/C17H21NO2/c1-4-20-14-9-7-8-13(12-14)17(18-2)15-10-5-6-11-16(15)19-3/h5-12,17-18H,4H2,1-3H3. The Morgan fingerprint density at radius 3 is 2.60 bits per heavy atom. The Morgan fingerprint density at radius 2 is 1.90 bits per heavy atom. The second kappa shape index (κ2) is 6.96. The lowest BCUT2D eigenvalue weighted by atomic mass is 9.98. The number of methoxy groups -OCH3 is 1. The van der Waals surface area contributed by atoms with E-state index >= 15 is 0 Å². The molecule has 1 unspecified atom stereocenters. The van der Waals surface area contributed by atoms with Gasteiger partial charge in [-0.3, -0.25) is 0 Å².